The van der Waals surface area contributed by atoms with Gasteiger partial charge in [0.1, 0.15) is 5.75 Å². The summed E-state index contributed by atoms with van der Waals surface area (Å²) in [4.78, 5) is 16.7. The van der Waals surface area contributed by atoms with Crippen molar-refractivity contribution in [2.45, 2.75) is 59.0 Å². The van der Waals surface area contributed by atoms with Crippen molar-refractivity contribution in [3.8, 4) is 5.75 Å². The maximum absolute atomic E-state index is 12.5. The first-order valence-corrected chi connectivity index (χ1v) is 7.76. The van der Waals surface area contributed by atoms with Crippen LogP contribution in [0.25, 0.3) is 0 Å². The van der Waals surface area contributed by atoms with Crippen molar-refractivity contribution in [2.24, 2.45) is 11.8 Å². The highest BCUT2D eigenvalue weighted by atomic mass is 16.5. The normalized spacial score (nSPS) is 22.8. The summed E-state index contributed by atoms with van der Waals surface area (Å²) in [5, 5.41) is 0. The minimum absolute atomic E-state index is 0.0992. The van der Waals surface area contributed by atoms with Crippen LogP contribution >= 0.6 is 0 Å². The molecule has 0 spiro atoms. The smallest absolute Gasteiger partial charge is 0.167 e. The molecule has 1 aromatic heterocycles. The molecule has 1 aliphatic rings. The van der Waals surface area contributed by atoms with E-state index in [-0.39, 0.29) is 17.8 Å². The van der Waals surface area contributed by atoms with Gasteiger partial charge in [-0.05, 0) is 51.5 Å². The quantitative estimate of drug-likeness (QED) is 0.753. The van der Waals surface area contributed by atoms with Gasteiger partial charge >= 0.3 is 0 Å². The highest BCUT2D eigenvalue weighted by Crippen LogP contribution is 2.32. The van der Waals surface area contributed by atoms with Gasteiger partial charge in [0.25, 0.3) is 0 Å². The lowest BCUT2D eigenvalue weighted by Gasteiger charge is -2.26. The molecule has 3 heteroatoms. The predicted molar refractivity (Wildman–Crippen MR) is 80.1 cm³/mol. The van der Waals surface area contributed by atoms with Gasteiger partial charge in [0.15, 0.2) is 5.78 Å². The van der Waals surface area contributed by atoms with Gasteiger partial charge in [0.2, 0.25) is 0 Å². The van der Waals surface area contributed by atoms with Crippen LogP contribution in [0.4, 0.5) is 0 Å². The van der Waals surface area contributed by atoms with E-state index in [1.807, 2.05) is 19.9 Å². The van der Waals surface area contributed by atoms with Gasteiger partial charge < -0.3 is 4.74 Å². The molecule has 0 atom stereocenters. The minimum atomic E-state index is 0.0992. The zero-order chi connectivity index (χ0) is 14.5. The van der Waals surface area contributed by atoms with E-state index in [1.54, 1.807) is 12.4 Å². The molecule has 0 saturated heterocycles. The number of nitrogens with zero attached hydrogens (tertiary/aromatic N) is 1. The highest BCUT2D eigenvalue weighted by Gasteiger charge is 2.26. The topological polar surface area (TPSA) is 39.2 Å². The van der Waals surface area contributed by atoms with Gasteiger partial charge in [-0.1, -0.05) is 13.3 Å². The molecule has 1 heterocycles. The Morgan fingerprint density at radius 1 is 1.30 bits per heavy atom. The summed E-state index contributed by atoms with van der Waals surface area (Å²) in [5.74, 6) is 1.91. The number of carbonyl (C=O) groups excluding carboxylic acids is 1. The van der Waals surface area contributed by atoms with Crippen molar-refractivity contribution in [3.63, 3.8) is 0 Å². The molecule has 1 saturated carbocycles. The highest BCUT2D eigenvalue weighted by molar-refractivity contribution is 5.97. The van der Waals surface area contributed by atoms with Crippen molar-refractivity contribution in [1.29, 1.82) is 0 Å². The second kappa shape index (κ2) is 6.87. The summed E-state index contributed by atoms with van der Waals surface area (Å²) in [6.45, 7) is 6.19. The maximum atomic E-state index is 12.5. The van der Waals surface area contributed by atoms with E-state index in [0.717, 1.165) is 18.8 Å². The third-order valence-electron chi connectivity index (χ3n) is 4.16. The predicted octanol–water partition coefficient (Wildman–Crippen LogP) is 4.27. The monoisotopic (exact) mass is 275 g/mol. The molecule has 0 amide bonds. The van der Waals surface area contributed by atoms with Gasteiger partial charge in [0, 0.05) is 17.7 Å². The number of Topliss-reactive ketones (excluding diaryl/α,β-unsaturated/α-hetero) is 1. The van der Waals surface area contributed by atoms with Crippen LogP contribution in [-0.2, 0) is 0 Å². The molecule has 0 bridgehead atoms. The van der Waals surface area contributed by atoms with Crippen LogP contribution in [0.2, 0.25) is 0 Å². The van der Waals surface area contributed by atoms with Crippen molar-refractivity contribution in [1.82, 2.24) is 4.98 Å². The molecular weight excluding hydrogens is 250 g/mol. The van der Waals surface area contributed by atoms with Crippen LogP contribution in [-0.4, -0.2) is 16.9 Å². The van der Waals surface area contributed by atoms with Crippen molar-refractivity contribution >= 4 is 5.78 Å². The molecule has 0 radical (unpaired) electrons. The molecular formula is C17H25NO2. The third kappa shape index (κ3) is 3.81. The molecule has 20 heavy (non-hydrogen) atoms. The van der Waals surface area contributed by atoms with E-state index in [9.17, 15) is 4.79 Å². The van der Waals surface area contributed by atoms with Gasteiger partial charge in [-0.25, -0.2) is 0 Å². The Bertz CT molecular complexity index is 448. The van der Waals surface area contributed by atoms with E-state index in [1.165, 1.54) is 19.3 Å². The molecule has 0 unspecified atom stereocenters. The number of aromatic nitrogens is 1. The first-order valence-electron chi connectivity index (χ1n) is 7.76. The number of carbonyl (C=O) groups is 1. The fourth-order valence-corrected chi connectivity index (χ4v) is 2.96. The molecule has 0 aromatic carbocycles. The van der Waals surface area contributed by atoms with Crippen molar-refractivity contribution in [3.05, 3.63) is 24.0 Å². The summed E-state index contributed by atoms with van der Waals surface area (Å²) in [6, 6.07) is 1.83. The van der Waals surface area contributed by atoms with E-state index in [4.69, 9.17) is 4.74 Å². The number of hydrogen-bond donors (Lipinski definition) is 0. The minimum Gasteiger partial charge on any atom is -0.489 e. The maximum Gasteiger partial charge on any atom is 0.167 e. The number of pyridine rings is 1. The lowest BCUT2D eigenvalue weighted by Crippen LogP contribution is -2.22. The van der Waals surface area contributed by atoms with Gasteiger partial charge in [-0.3, -0.25) is 9.78 Å². The number of hydrogen-bond acceptors (Lipinski definition) is 3. The Labute approximate surface area is 121 Å². The lowest BCUT2D eigenvalue weighted by atomic mass is 9.78. The van der Waals surface area contributed by atoms with E-state index >= 15 is 0 Å². The van der Waals surface area contributed by atoms with Gasteiger partial charge in [0.05, 0.1) is 12.3 Å². The molecule has 0 aliphatic heterocycles. The van der Waals surface area contributed by atoms with E-state index in [0.29, 0.717) is 11.3 Å². The molecule has 1 fully saturated rings. The number of ether oxygens (including phenoxy) is 1. The average Bonchev–Trinajstić information content (AvgIpc) is 2.46. The second-order valence-electron chi connectivity index (χ2n) is 6.07. The van der Waals surface area contributed by atoms with Crippen LogP contribution < -0.4 is 4.74 Å². The summed E-state index contributed by atoms with van der Waals surface area (Å²) in [7, 11) is 0. The van der Waals surface area contributed by atoms with Crippen LogP contribution in [0.5, 0.6) is 5.75 Å². The molecule has 2 rings (SSSR count). The SMILES string of the molecule is CCC1CCC(C(=O)c2cncc(OC(C)C)c2)CC1. The zero-order valence-electron chi connectivity index (χ0n) is 12.8. The molecule has 1 aliphatic carbocycles. The Morgan fingerprint density at radius 3 is 2.60 bits per heavy atom. The summed E-state index contributed by atoms with van der Waals surface area (Å²) >= 11 is 0. The average molecular weight is 275 g/mol. The lowest BCUT2D eigenvalue weighted by molar-refractivity contribution is 0.0870. The summed E-state index contributed by atoms with van der Waals surface area (Å²) < 4.78 is 5.61. The Morgan fingerprint density at radius 2 is 2.00 bits per heavy atom. The van der Waals surface area contributed by atoms with Crippen LogP contribution in [0.1, 0.15) is 63.2 Å². The van der Waals surface area contributed by atoms with Crippen LogP contribution in [0, 0.1) is 11.8 Å². The number of rotatable bonds is 5. The Balaban J connectivity index is 2.02. The van der Waals surface area contributed by atoms with Crippen molar-refractivity contribution < 1.29 is 9.53 Å². The molecule has 1 aromatic rings. The van der Waals surface area contributed by atoms with Gasteiger partial charge in [-0.2, -0.15) is 0 Å². The van der Waals surface area contributed by atoms with Crippen LogP contribution in [0.3, 0.4) is 0 Å². The van der Waals surface area contributed by atoms with Crippen molar-refractivity contribution in [2.75, 3.05) is 0 Å². The van der Waals surface area contributed by atoms with E-state index < -0.39 is 0 Å². The molecule has 3 nitrogen and oxygen atoms in total. The fraction of sp³-hybridized carbons (Fsp3) is 0.647. The number of ketones is 1. The Kier molecular flexibility index (Phi) is 5.16. The standard InChI is InChI=1S/C17H25NO2/c1-4-13-5-7-14(8-6-13)17(19)15-9-16(11-18-10-15)20-12(2)3/h9-14H,4-8H2,1-3H3. The van der Waals surface area contributed by atoms with Gasteiger partial charge in [-0.15, -0.1) is 0 Å². The summed E-state index contributed by atoms with van der Waals surface area (Å²) in [5.41, 5.74) is 0.697. The first-order chi connectivity index (χ1) is 9.60. The largest absolute Gasteiger partial charge is 0.489 e. The fourth-order valence-electron chi connectivity index (χ4n) is 2.96. The third-order valence-corrected chi connectivity index (χ3v) is 4.16. The zero-order valence-corrected chi connectivity index (χ0v) is 12.8. The molecule has 0 N–H and O–H groups in total. The second-order valence-corrected chi connectivity index (χ2v) is 6.07. The molecule has 110 valence electrons. The summed E-state index contributed by atoms with van der Waals surface area (Å²) in [6.07, 6.45) is 9.08. The first kappa shape index (κ1) is 15.0. The van der Waals surface area contributed by atoms with Crippen LogP contribution in [0.15, 0.2) is 18.5 Å². The van der Waals surface area contributed by atoms with E-state index in [2.05, 4.69) is 11.9 Å². The Hall–Kier alpha value is -1.38.